The molecule has 2 heterocycles. The van der Waals surface area contributed by atoms with Crippen LogP contribution in [0.15, 0.2) is 28.8 Å². The summed E-state index contributed by atoms with van der Waals surface area (Å²) < 4.78 is 18.6. The van der Waals surface area contributed by atoms with Crippen LogP contribution in [-0.4, -0.2) is 10.1 Å². The Kier molecular flexibility index (Phi) is 2.33. The summed E-state index contributed by atoms with van der Waals surface area (Å²) in [6.45, 7) is 2.00. The highest BCUT2D eigenvalue weighted by Crippen LogP contribution is 2.27. The van der Waals surface area contributed by atoms with Gasteiger partial charge in [-0.25, -0.2) is 4.39 Å². The van der Waals surface area contributed by atoms with E-state index in [0.717, 1.165) is 23.2 Å². The van der Waals surface area contributed by atoms with Gasteiger partial charge in [-0.1, -0.05) is 12.1 Å². The summed E-state index contributed by atoms with van der Waals surface area (Å²) in [5.41, 5.74) is 8.01. The minimum Gasteiger partial charge on any atom is -0.396 e. The zero-order chi connectivity index (χ0) is 12.7. The van der Waals surface area contributed by atoms with Crippen molar-refractivity contribution in [3.8, 4) is 11.5 Å². The summed E-state index contributed by atoms with van der Waals surface area (Å²) in [4.78, 5) is 3.09. The number of nitrogens with two attached hydrogens (primary N) is 1. The van der Waals surface area contributed by atoms with Crippen molar-refractivity contribution in [2.45, 2.75) is 13.3 Å². The lowest BCUT2D eigenvalue weighted by atomic mass is 10.2. The topological polar surface area (TPSA) is 67.8 Å². The van der Waals surface area contributed by atoms with Crippen LogP contribution in [-0.2, 0) is 6.42 Å². The normalized spacial score (nSPS) is 11.2. The van der Waals surface area contributed by atoms with E-state index in [0.29, 0.717) is 11.3 Å². The van der Waals surface area contributed by atoms with Crippen molar-refractivity contribution in [2.24, 2.45) is 0 Å². The number of halogens is 1. The molecule has 3 aromatic rings. The van der Waals surface area contributed by atoms with Crippen LogP contribution in [0.3, 0.4) is 0 Å². The number of hydrogen-bond donors (Lipinski definition) is 2. The number of hydrogen-bond acceptors (Lipinski definition) is 3. The SMILES string of the molecule is CCc1cc(-c2cc3cc(N)c(F)cc3[nH]2)on1. The molecule has 0 aliphatic heterocycles. The maximum Gasteiger partial charge on any atom is 0.183 e. The molecule has 0 atom stereocenters. The largest absolute Gasteiger partial charge is 0.396 e. The fourth-order valence-electron chi connectivity index (χ4n) is 1.91. The predicted molar refractivity (Wildman–Crippen MR) is 67.5 cm³/mol. The number of aromatic amines is 1. The first-order valence-electron chi connectivity index (χ1n) is 5.71. The second-order valence-corrected chi connectivity index (χ2v) is 4.18. The highest BCUT2D eigenvalue weighted by Gasteiger charge is 2.10. The molecule has 0 radical (unpaired) electrons. The number of nitrogens with zero attached hydrogens (tertiary/aromatic N) is 1. The molecule has 18 heavy (non-hydrogen) atoms. The molecule has 0 saturated heterocycles. The van der Waals surface area contributed by atoms with Crippen molar-refractivity contribution >= 4 is 16.6 Å². The summed E-state index contributed by atoms with van der Waals surface area (Å²) in [5.74, 6) is 0.213. The first kappa shape index (κ1) is 10.8. The van der Waals surface area contributed by atoms with Crippen LogP contribution in [0.5, 0.6) is 0 Å². The van der Waals surface area contributed by atoms with Crippen molar-refractivity contribution in [1.29, 1.82) is 0 Å². The number of nitrogen functional groups attached to an aromatic ring is 1. The van der Waals surface area contributed by atoms with E-state index in [4.69, 9.17) is 10.3 Å². The monoisotopic (exact) mass is 245 g/mol. The van der Waals surface area contributed by atoms with Gasteiger partial charge in [-0.3, -0.25) is 0 Å². The van der Waals surface area contributed by atoms with Crippen molar-refractivity contribution in [3.63, 3.8) is 0 Å². The van der Waals surface area contributed by atoms with Crippen LogP contribution < -0.4 is 5.73 Å². The molecule has 3 N–H and O–H groups in total. The second kappa shape index (κ2) is 3.87. The van der Waals surface area contributed by atoms with Gasteiger partial charge < -0.3 is 15.2 Å². The van der Waals surface area contributed by atoms with E-state index in [1.165, 1.54) is 6.07 Å². The van der Waals surface area contributed by atoms with Gasteiger partial charge in [-0.05, 0) is 18.6 Å². The van der Waals surface area contributed by atoms with E-state index in [-0.39, 0.29) is 5.69 Å². The van der Waals surface area contributed by atoms with Crippen LogP contribution in [0.4, 0.5) is 10.1 Å². The first-order chi connectivity index (χ1) is 8.67. The quantitative estimate of drug-likeness (QED) is 0.681. The molecule has 0 bridgehead atoms. The van der Waals surface area contributed by atoms with Crippen LogP contribution in [0.25, 0.3) is 22.4 Å². The summed E-state index contributed by atoms with van der Waals surface area (Å²) in [5, 5.41) is 4.77. The minimum absolute atomic E-state index is 0.139. The lowest BCUT2D eigenvalue weighted by Crippen LogP contribution is -1.88. The van der Waals surface area contributed by atoms with Crippen molar-refractivity contribution in [1.82, 2.24) is 10.1 Å². The van der Waals surface area contributed by atoms with Crippen LogP contribution >= 0.6 is 0 Å². The Labute approximate surface area is 103 Å². The molecule has 4 nitrogen and oxygen atoms in total. The van der Waals surface area contributed by atoms with Gasteiger partial charge in [0.05, 0.1) is 17.1 Å². The molecular weight excluding hydrogens is 233 g/mol. The molecule has 0 amide bonds. The summed E-state index contributed by atoms with van der Waals surface area (Å²) in [7, 11) is 0. The molecule has 0 aliphatic rings. The van der Waals surface area contributed by atoms with Gasteiger partial charge in [0.2, 0.25) is 0 Å². The van der Waals surface area contributed by atoms with Gasteiger partial charge in [0.15, 0.2) is 5.76 Å². The molecule has 3 rings (SSSR count). The number of fused-ring (bicyclic) bond motifs is 1. The van der Waals surface area contributed by atoms with Crippen LogP contribution in [0, 0.1) is 5.82 Å². The van der Waals surface area contributed by atoms with E-state index in [9.17, 15) is 4.39 Å². The maximum absolute atomic E-state index is 13.3. The number of anilines is 1. The number of H-pyrrole nitrogens is 1. The molecule has 2 aromatic heterocycles. The van der Waals surface area contributed by atoms with Gasteiger partial charge in [0.25, 0.3) is 0 Å². The number of nitrogens with one attached hydrogen (secondary N) is 1. The Morgan fingerprint density at radius 1 is 1.33 bits per heavy atom. The molecule has 92 valence electrons. The van der Waals surface area contributed by atoms with Crippen molar-refractivity contribution < 1.29 is 8.91 Å². The lowest BCUT2D eigenvalue weighted by molar-refractivity contribution is 0.423. The smallest absolute Gasteiger partial charge is 0.183 e. The van der Waals surface area contributed by atoms with Gasteiger partial charge in [-0.2, -0.15) is 0 Å². The minimum atomic E-state index is -0.428. The molecule has 0 unspecified atom stereocenters. The number of rotatable bonds is 2. The number of benzene rings is 1. The summed E-state index contributed by atoms with van der Waals surface area (Å²) in [6, 6.07) is 6.71. The molecule has 0 aliphatic carbocycles. The molecule has 5 heteroatoms. The van der Waals surface area contributed by atoms with Gasteiger partial charge in [-0.15, -0.1) is 0 Å². The van der Waals surface area contributed by atoms with E-state index < -0.39 is 5.82 Å². The van der Waals surface area contributed by atoms with Crippen molar-refractivity contribution in [2.75, 3.05) is 5.73 Å². The fraction of sp³-hybridized carbons (Fsp3) is 0.154. The Hall–Kier alpha value is -2.30. The molecule has 0 saturated carbocycles. The number of aromatic nitrogens is 2. The average molecular weight is 245 g/mol. The molecular formula is C13H12FN3O. The molecule has 0 spiro atoms. The molecule has 0 fully saturated rings. The number of aryl methyl sites for hydroxylation is 1. The Morgan fingerprint density at radius 2 is 2.17 bits per heavy atom. The first-order valence-corrected chi connectivity index (χ1v) is 5.71. The maximum atomic E-state index is 13.3. The third-order valence-electron chi connectivity index (χ3n) is 2.92. The zero-order valence-electron chi connectivity index (χ0n) is 9.83. The van der Waals surface area contributed by atoms with Crippen molar-refractivity contribution in [3.05, 3.63) is 35.8 Å². The predicted octanol–water partition coefficient (Wildman–Crippen LogP) is 3.11. The highest BCUT2D eigenvalue weighted by molar-refractivity contribution is 5.87. The average Bonchev–Trinajstić information content (AvgIpc) is 2.95. The summed E-state index contributed by atoms with van der Waals surface area (Å²) in [6.07, 6.45) is 0.811. The molecule has 1 aromatic carbocycles. The Morgan fingerprint density at radius 3 is 2.89 bits per heavy atom. The zero-order valence-corrected chi connectivity index (χ0v) is 9.83. The van der Waals surface area contributed by atoms with Crippen LogP contribution in [0.1, 0.15) is 12.6 Å². The van der Waals surface area contributed by atoms with Gasteiger partial charge in [0.1, 0.15) is 5.82 Å². The fourth-order valence-corrected chi connectivity index (χ4v) is 1.91. The van der Waals surface area contributed by atoms with E-state index in [2.05, 4.69) is 10.1 Å². The standard InChI is InChI=1S/C13H12FN3O/c1-2-8-5-13(18-17-8)12-4-7-3-10(15)9(14)6-11(7)16-12/h3-6,16H,2,15H2,1H3. The summed E-state index contributed by atoms with van der Waals surface area (Å²) >= 11 is 0. The second-order valence-electron chi connectivity index (χ2n) is 4.18. The van der Waals surface area contributed by atoms with Gasteiger partial charge in [0, 0.05) is 23.0 Å². The third-order valence-corrected chi connectivity index (χ3v) is 2.92. The highest BCUT2D eigenvalue weighted by atomic mass is 19.1. The Balaban J connectivity index is 2.13. The van der Waals surface area contributed by atoms with Gasteiger partial charge >= 0.3 is 0 Å². The van der Waals surface area contributed by atoms with E-state index in [1.54, 1.807) is 6.07 Å². The lowest BCUT2D eigenvalue weighted by Gasteiger charge is -1.95. The van der Waals surface area contributed by atoms with E-state index in [1.807, 2.05) is 19.1 Å². The Bertz CT molecular complexity index is 675. The van der Waals surface area contributed by atoms with Crippen LogP contribution in [0.2, 0.25) is 0 Å². The third kappa shape index (κ3) is 1.64. The van der Waals surface area contributed by atoms with E-state index >= 15 is 0 Å².